The van der Waals surface area contributed by atoms with Gasteiger partial charge in [-0.05, 0) is 35.9 Å². The van der Waals surface area contributed by atoms with Crippen molar-refractivity contribution in [3.05, 3.63) is 52.8 Å². The Bertz CT molecular complexity index is 866. The number of fused-ring (bicyclic) bond motifs is 1. The number of aliphatic hydroxyl groups excluding tert-OH is 1. The number of aromatic nitrogens is 2. The highest BCUT2D eigenvalue weighted by Gasteiger charge is 2.12. The van der Waals surface area contributed by atoms with E-state index in [-0.39, 0.29) is 6.54 Å². The van der Waals surface area contributed by atoms with E-state index >= 15 is 0 Å². The highest BCUT2D eigenvalue weighted by Crippen LogP contribution is 2.28. The number of benzene rings is 2. The van der Waals surface area contributed by atoms with Gasteiger partial charge in [-0.2, -0.15) is 0 Å². The summed E-state index contributed by atoms with van der Waals surface area (Å²) < 4.78 is 11.4. The van der Waals surface area contributed by atoms with Crippen molar-refractivity contribution in [3.63, 3.8) is 0 Å². The number of rotatable bonds is 6. The SMILES string of the molecule is COc1cc(OC)cc(C(O)CNc2ncnc3ccc(Br)cc23)c1. The molecule has 0 radical (unpaired) electrons. The van der Waals surface area contributed by atoms with E-state index in [1.165, 1.54) is 6.33 Å². The lowest BCUT2D eigenvalue weighted by Gasteiger charge is -2.15. The summed E-state index contributed by atoms with van der Waals surface area (Å²) in [6, 6.07) is 11.1. The van der Waals surface area contributed by atoms with Gasteiger partial charge < -0.3 is 19.9 Å². The van der Waals surface area contributed by atoms with Crippen molar-refractivity contribution in [2.24, 2.45) is 0 Å². The Hall–Kier alpha value is -2.38. The molecule has 3 aromatic rings. The monoisotopic (exact) mass is 403 g/mol. The van der Waals surface area contributed by atoms with Crippen molar-refractivity contribution in [1.82, 2.24) is 9.97 Å². The largest absolute Gasteiger partial charge is 0.497 e. The second-order valence-corrected chi connectivity index (χ2v) is 6.34. The molecule has 0 fully saturated rings. The number of anilines is 1. The van der Waals surface area contributed by atoms with E-state index in [4.69, 9.17) is 9.47 Å². The molecule has 0 amide bonds. The van der Waals surface area contributed by atoms with Crippen LogP contribution in [0, 0.1) is 0 Å². The van der Waals surface area contributed by atoms with Gasteiger partial charge in [-0.3, -0.25) is 0 Å². The van der Waals surface area contributed by atoms with Gasteiger partial charge >= 0.3 is 0 Å². The first-order chi connectivity index (χ1) is 12.1. The zero-order valence-corrected chi connectivity index (χ0v) is 15.4. The number of nitrogens with one attached hydrogen (secondary N) is 1. The number of ether oxygens (including phenoxy) is 2. The fourth-order valence-corrected chi connectivity index (χ4v) is 2.86. The van der Waals surface area contributed by atoms with Crippen molar-refractivity contribution in [2.75, 3.05) is 26.1 Å². The number of methoxy groups -OCH3 is 2. The van der Waals surface area contributed by atoms with E-state index in [9.17, 15) is 5.11 Å². The van der Waals surface area contributed by atoms with Gasteiger partial charge in [-0.15, -0.1) is 0 Å². The lowest BCUT2D eigenvalue weighted by Crippen LogP contribution is -2.13. The predicted molar refractivity (Wildman–Crippen MR) is 100 cm³/mol. The normalized spacial score (nSPS) is 12.0. The molecule has 25 heavy (non-hydrogen) atoms. The average molecular weight is 404 g/mol. The minimum absolute atomic E-state index is 0.287. The minimum atomic E-state index is -0.749. The molecule has 2 N–H and O–H groups in total. The molecule has 0 bridgehead atoms. The Morgan fingerprint density at radius 2 is 1.80 bits per heavy atom. The van der Waals surface area contributed by atoms with Gasteiger partial charge in [-0.1, -0.05) is 15.9 Å². The fraction of sp³-hybridized carbons (Fsp3) is 0.222. The summed E-state index contributed by atoms with van der Waals surface area (Å²) in [7, 11) is 3.15. The first-order valence-electron chi connectivity index (χ1n) is 7.66. The molecule has 6 nitrogen and oxygen atoms in total. The number of halogens is 1. The van der Waals surface area contributed by atoms with Crippen LogP contribution in [0.3, 0.4) is 0 Å². The van der Waals surface area contributed by atoms with Crippen molar-refractivity contribution >= 4 is 32.7 Å². The van der Waals surface area contributed by atoms with Crippen LogP contribution < -0.4 is 14.8 Å². The van der Waals surface area contributed by atoms with Crippen molar-refractivity contribution in [2.45, 2.75) is 6.10 Å². The van der Waals surface area contributed by atoms with E-state index < -0.39 is 6.10 Å². The van der Waals surface area contributed by atoms with E-state index in [0.717, 1.165) is 15.4 Å². The van der Waals surface area contributed by atoms with Crippen molar-refractivity contribution in [1.29, 1.82) is 0 Å². The maximum atomic E-state index is 10.5. The van der Waals surface area contributed by atoms with Crippen LogP contribution in [0.4, 0.5) is 5.82 Å². The quantitative estimate of drug-likeness (QED) is 0.655. The van der Waals surface area contributed by atoms with Gasteiger partial charge in [0, 0.05) is 22.5 Å². The van der Waals surface area contributed by atoms with E-state index in [0.29, 0.717) is 22.9 Å². The minimum Gasteiger partial charge on any atom is -0.497 e. The van der Waals surface area contributed by atoms with Crippen molar-refractivity contribution < 1.29 is 14.6 Å². The molecule has 3 rings (SSSR count). The number of nitrogens with zero attached hydrogens (tertiary/aromatic N) is 2. The summed E-state index contributed by atoms with van der Waals surface area (Å²) in [4.78, 5) is 8.52. The molecule has 1 unspecified atom stereocenters. The van der Waals surface area contributed by atoms with Crippen LogP contribution >= 0.6 is 15.9 Å². The molecule has 1 heterocycles. The summed E-state index contributed by atoms with van der Waals surface area (Å²) in [5, 5.41) is 14.6. The summed E-state index contributed by atoms with van der Waals surface area (Å²) in [6.45, 7) is 0.287. The van der Waals surface area contributed by atoms with Crippen LogP contribution in [0.2, 0.25) is 0 Å². The molecule has 7 heteroatoms. The van der Waals surface area contributed by atoms with E-state index in [1.54, 1.807) is 32.4 Å². The zero-order valence-electron chi connectivity index (χ0n) is 13.9. The summed E-state index contributed by atoms with van der Waals surface area (Å²) in [5.41, 5.74) is 1.53. The summed E-state index contributed by atoms with van der Waals surface area (Å²) >= 11 is 3.45. The summed E-state index contributed by atoms with van der Waals surface area (Å²) in [6.07, 6.45) is 0.751. The van der Waals surface area contributed by atoms with Gasteiger partial charge in [0.05, 0.1) is 25.8 Å². The highest BCUT2D eigenvalue weighted by atomic mass is 79.9. The smallest absolute Gasteiger partial charge is 0.137 e. The molecular weight excluding hydrogens is 386 g/mol. The molecule has 0 aliphatic rings. The standard InChI is InChI=1S/C18H18BrN3O3/c1-24-13-5-11(6-14(8-13)25-2)17(23)9-20-18-15-7-12(19)3-4-16(15)21-10-22-18/h3-8,10,17,23H,9H2,1-2H3,(H,20,21,22). The van der Waals surface area contributed by atoms with Crippen LogP contribution in [0.25, 0.3) is 10.9 Å². The molecule has 2 aromatic carbocycles. The Morgan fingerprint density at radius 3 is 2.48 bits per heavy atom. The molecule has 0 spiro atoms. The maximum Gasteiger partial charge on any atom is 0.137 e. The average Bonchev–Trinajstić information content (AvgIpc) is 2.65. The molecule has 0 saturated heterocycles. The molecule has 130 valence electrons. The number of aliphatic hydroxyl groups is 1. The van der Waals surface area contributed by atoms with Crippen molar-refractivity contribution in [3.8, 4) is 11.5 Å². The molecule has 0 saturated carbocycles. The van der Waals surface area contributed by atoms with Gasteiger partial charge in [0.15, 0.2) is 0 Å². The van der Waals surface area contributed by atoms with Crippen LogP contribution in [-0.2, 0) is 0 Å². The Kier molecular flexibility index (Phi) is 5.35. The van der Waals surface area contributed by atoms with Gasteiger partial charge in [-0.25, -0.2) is 9.97 Å². The molecular formula is C18H18BrN3O3. The first-order valence-corrected chi connectivity index (χ1v) is 8.45. The van der Waals surface area contributed by atoms with E-state index in [2.05, 4.69) is 31.2 Å². The fourth-order valence-electron chi connectivity index (χ4n) is 2.50. The predicted octanol–water partition coefficient (Wildman–Crippen LogP) is 3.56. The third-order valence-corrected chi connectivity index (χ3v) is 4.31. The lowest BCUT2D eigenvalue weighted by molar-refractivity contribution is 0.190. The number of hydrogen-bond acceptors (Lipinski definition) is 6. The van der Waals surface area contributed by atoms with Crippen LogP contribution in [0.15, 0.2) is 47.2 Å². The second kappa shape index (κ2) is 7.67. The summed E-state index contributed by atoms with van der Waals surface area (Å²) in [5.74, 6) is 1.93. The van der Waals surface area contributed by atoms with Crippen LogP contribution in [0.1, 0.15) is 11.7 Å². The maximum absolute atomic E-state index is 10.5. The third-order valence-electron chi connectivity index (χ3n) is 3.82. The third kappa shape index (κ3) is 4.00. The molecule has 1 atom stereocenters. The van der Waals surface area contributed by atoms with Crippen LogP contribution in [-0.4, -0.2) is 35.8 Å². The zero-order chi connectivity index (χ0) is 17.8. The first kappa shape index (κ1) is 17.4. The Balaban J connectivity index is 1.81. The van der Waals surface area contributed by atoms with Gasteiger partial charge in [0.25, 0.3) is 0 Å². The topological polar surface area (TPSA) is 76.5 Å². The second-order valence-electron chi connectivity index (χ2n) is 5.43. The lowest BCUT2D eigenvalue weighted by atomic mass is 10.1. The Morgan fingerprint density at radius 1 is 1.08 bits per heavy atom. The van der Waals surface area contributed by atoms with E-state index in [1.807, 2.05) is 18.2 Å². The van der Waals surface area contributed by atoms with Gasteiger partial charge in [0.1, 0.15) is 23.6 Å². The molecule has 0 aliphatic carbocycles. The molecule has 1 aromatic heterocycles. The van der Waals surface area contributed by atoms with Crippen LogP contribution in [0.5, 0.6) is 11.5 Å². The number of hydrogen-bond donors (Lipinski definition) is 2. The Labute approximate surface area is 154 Å². The molecule has 0 aliphatic heterocycles. The highest BCUT2D eigenvalue weighted by molar-refractivity contribution is 9.10. The van der Waals surface area contributed by atoms with Gasteiger partial charge in [0.2, 0.25) is 0 Å².